The second-order valence-electron chi connectivity index (χ2n) is 4.83. The number of carbonyl (C=O) groups is 2. The van der Waals surface area contributed by atoms with E-state index in [1.807, 2.05) is 20.8 Å². The fourth-order valence-corrected chi connectivity index (χ4v) is 1.66. The molecule has 0 aromatic heterocycles. The number of carbonyl (C=O) groups excluding carboxylic acids is 2. The quantitative estimate of drug-likeness (QED) is 0.583. The molecule has 5 N–H and O–H groups in total. The van der Waals surface area contributed by atoms with Crippen LogP contribution >= 0.6 is 0 Å². The highest BCUT2D eigenvalue weighted by Crippen LogP contribution is 2.33. The van der Waals surface area contributed by atoms with Crippen LogP contribution in [0.3, 0.4) is 0 Å². The van der Waals surface area contributed by atoms with Gasteiger partial charge in [-0.15, -0.1) is 0 Å². The lowest BCUT2D eigenvalue weighted by atomic mass is 9.72. The van der Waals surface area contributed by atoms with Crippen LogP contribution in [0.2, 0.25) is 0 Å². The van der Waals surface area contributed by atoms with Gasteiger partial charge in [-0.3, -0.25) is 9.59 Å². The van der Waals surface area contributed by atoms with Crippen molar-refractivity contribution in [3.8, 4) is 0 Å². The first-order chi connectivity index (χ1) is 6.70. The van der Waals surface area contributed by atoms with Crippen LogP contribution in [0.4, 0.5) is 0 Å². The lowest BCUT2D eigenvalue weighted by Crippen LogP contribution is -2.41. The van der Waals surface area contributed by atoms with Gasteiger partial charge >= 0.3 is 0 Å². The molecule has 0 aromatic carbocycles. The monoisotopic (exact) mass is 216 g/mol. The molecule has 0 aliphatic heterocycles. The number of aliphatic hydroxyl groups is 1. The minimum absolute atomic E-state index is 0.113. The minimum atomic E-state index is -0.701. The topological polar surface area (TPSA) is 106 Å². The van der Waals surface area contributed by atoms with E-state index in [0.717, 1.165) is 0 Å². The van der Waals surface area contributed by atoms with Gasteiger partial charge in [-0.2, -0.15) is 0 Å². The van der Waals surface area contributed by atoms with Gasteiger partial charge in [-0.1, -0.05) is 20.8 Å². The van der Waals surface area contributed by atoms with Crippen LogP contribution in [0.1, 0.15) is 27.2 Å². The van der Waals surface area contributed by atoms with Crippen LogP contribution in [0.5, 0.6) is 0 Å². The summed E-state index contributed by atoms with van der Waals surface area (Å²) in [6, 6.07) is 0. The molecule has 0 saturated carbocycles. The second-order valence-corrected chi connectivity index (χ2v) is 4.83. The van der Waals surface area contributed by atoms with Crippen LogP contribution in [-0.4, -0.2) is 23.5 Å². The Morgan fingerprint density at radius 1 is 1.27 bits per heavy atom. The molecule has 2 atom stereocenters. The van der Waals surface area contributed by atoms with Crippen molar-refractivity contribution in [3.63, 3.8) is 0 Å². The molecule has 5 heteroatoms. The van der Waals surface area contributed by atoms with Crippen LogP contribution in [0.25, 0.3) is 0 Å². The van der Waals surface area contributed by atoms with Crippen molar-refractivity contribution >= 4 is 11.8 Å². The van der Waals surface area contributed by atoms with Crippen molar-refractivity contribution in [1.29, 1.82) is 0 Å². The number of hydrogen-bond acceptors (Lipinski definition) is 3. The van der Waals surface area contributed by atoms with Gasteiger partial charge in [-0.25, -0.2) is 0 Å². The lowest BCUT2D eigenvalue weighted by Gasteiger charge is -2.33. The van der Waals surface area contributed by atoms with Crippen molar-refractivity contribution in [2.45, 2.75) is 27.2 Å². The molecule has 0 heterocycles. The zero-order valence-corrected chi connectivity index (χ0v) is 9.49. The van der Waals surface area contributed by atoms with Crippen LogP contribution in [-0.2, 0) is 9.59 Å². The Morgan fingerprint density at radius 2 is 1.73 bits per heavy atom. The largest absolute Gasteiger partial charge is 0.396 e. The Kier molecular flexibility index (Phi) is 4.74. The van der Waals surface area contributed by atoms with E-state index in [4.69, 9.17) is 11.5 Å². The number of aliphatic hydroxyl groups excluding tert-OH is 1. The third-order valence-corrected chi connectivity index (χ3v) is 2.58. The summed E-state index contributed by atoms with van der Waals surface area (Å²) < 4.78 is 0. The van der Waals surface area contributed by atoms with E-state index in [1.165, 1.54) is 0 Å². The molecule has 0 saturated heterocycles. The van der Waals surface area contributed by atoms with Crippen molar-refractivity contribution in [2.75, 3.05) is 6.61 Å². The molecule has 0 aliphatic rings. The Balaban J connectivity index is 4.87. The summed E-state index contributed by atoms with van der Waals surface area (Å²) in [5, 5.41) is 9.23. The molecule has 0 aliphatic carbocycles. The van der Waals surface area contributed by atoms with Gasteiger partial charge in [0, 0.05) is 13.0 Å². The molecule has 0 fully saturated rings. The van der Waals surface area contributed by atoms with Crippen LogP contribution < -0.4 is 11.5 Å². The van der Waals surface area contributed by atoms with Crippen LogP contribution in [0, 0.1) is 17.3 Å². The first-order valence-electron chi connectivity index (χ1n) is 4.88. The average Bonchev–Trinajstić information content (AvgIpc) is 2.00. The van der Waals surface area contributed by atoms with E-state index in [2.05, 4.69) is 0 Å². The maximum absolute atomic E-state index is 11.2. The Bertz CT molecular complexity index is 246. The molecule has 0 radical (unpaired) electrons. The second kappa shape index (κ2) is 5.11. The molecule has 1 unspecified atom stereocenters. The number of amides is 2. The van der Waals surface area contributed by atoms with E-state index in [9.17, 15) is 14.7 Å². The molecule has 0 aromatic rings. The highest BCUT2D eigenvalue weighted by molar-refractivity contribution is 5.84. The van der Waals surface area contributed by atoms with Crippen molar-refractivity contribution in [2.24, 2.45) is 28.7 Å². The van der Waals surface area contributed by atoms with Gasteiger partial charge in [0.2, 0.25) is 11.8 Å². The van der Waals surface area contributed by atoms with Crippen molar-refractivity contribution < 1.29 is 14.7 Å². The average molecular weight is 216 g/mol. The first-order valence-corrected chi connectivity index (χ1v) is 4.88. The standard InChI is InChI=1S/C10H20N2O3/c1-10(2,3)7(5-13)6(9(12)15)4-8(11)14/h6-7,13H,4-5H2,1-3H3,(H2,11,14)(H2,12,15)/t6?,7-/m0/s1. The lowest BCUT2D eigenvalue weighted by molar-refractivity contribution is -0.131. The highest BCUT2D eigenvalue weighted by Gasteiger charge is 2.35. The van der Waals surface area contributed by atoms with E-state index in [0.29, 0.717) is 0 Å². The normalized spacial score (nSPS) is 15.7. The molecule has 0 bridgehead atoms. The molecule has 0 rings (SSSR count). The van der Waals surface area contributed by atoms with Gasteiger partial charge in [0.1, 0.15) is 0 Å². The summed E-state index contributed by atoms with van der Waals surface area (Å²) in [4.78, 5) is 22.0. The maximum Gasteiger partial charge on any atom is 0.221 e. The Labute approximate surface area is 89.8 Å². The van der Waals surface area contributed by atoms with E-state index in [-0.39, 0.29) is 24.4 Å². The number of hydrogen-bond donors (Lipinski definition) is 3. The number of nitrogens with two attached hydrogens (primary N) is 2. The van der Waals surface area contributed by atoms with Crippen molar-refractivity contribution in [3.05, 3.63) is 0 Å². The summed E-state index contributed by atoms with van der Waals surface area (Å²) in [5.74, 6) is -2.24. The maximum atomic E-state index is 11.2. The SMILES string of the molecule is CC(C)(C)[C@@H](CO)C(CC(N)=O)C(N)=O. The third kappa shape index (κ3) is 4.29. The third-order valence-electron chi connectivity index (χ3n) is 2.58. The zero-order valence-electron chi connectivity index (χ0n) is 9.49. The highest BCUT2D eigenvalue weighted by atomic mass is 16.3. The molecule has 5 nitrogen and oxygen atoms in total. The van der Waals surface area contributed by atoms with E-state index in [1.54, 1.807) is 0 Å². The van der Waals surface area contributed by atoms with Crippen molar-refractivity contribution in [1.82, 2.24) is 0 Å². The summed E-state index contributed by atoms with van der Waals surface area (Å²) in [5.41, 5.74) is 9.94. The molecule has 15 heavy (non-hydrogen) atoms. The summed E-state index contributed by atoms with van der Waals surface area (Å²) in [6.45, 7) is 5.45. The van der Waals surface area contributed by atoms with Gasteiger partial charge in [0.25, 0.3) is 0 Å². The molecule has 88 valence electrons. The van der Waals surface area contributed by atoms with Gasteiger partial charge in [0.15, 0.2) is 0 Å². The van der Waals surface area contributed by atoms with Gasteiger partial charge in [-0.05, 0) is 11.3 Å². The summed E-state index contributed by atoms with van der Waals surface area (Å²) in [6.07, 6.45) is -0.113. The van der Waals surface area contributed by atoms with E-state index >= 15 is 0 Å². The molecule has 0 spiro atoms. The van der Waals surface area contributed by atoms with Gasteiger partial charge in [0.05, 0.1) is 5.92 Å². The molecular weight excluding hydrogens is 196 g/mol. The Morgan fingerprint density at radius 3 is 1.93 bits per heavy atom. The predicted octanol–water partition coefficient (Wildman–Crippen LogP) is -0.382. The number of primary amides is 2. The molecule has 2 amide bonds. The number of rotatable bonds is 5. The first kappa shape index (κ1) is 13.9. The minimum Gasteiger partial charge on any atom is -0.396 e. The fraction of sp³-hybridized carbons (Fsp3) is 0.800. The summed E-state index contributed by atoms with van der Waals surface area (Å²) >= 11 is 0. The predicted molar refractivity (Wildman–Crippen MR) is 56.5 cm³/mol. The fourth-order valence-electron chi connectivity index (χ4n) is 1.66. The van der Waals surface area contributed by atoms with Gasteiger partial charge < -0.3 is 16.6 Å². The van der Waals surface area contributed by atoms with E-state index < -0.39 is 17.7 Å². The van der Waals surface area contributed by atoms with Crippen LogP contribution in [0.15, 0.2) is 0 Å². The smallest absolute Gasteiger partial charge is 0.221 e. The molecular formula is C10H20N2O3. The zero-order chi connectivity index (χ0) is 12.2. The Hall–Kier alpha value is -1.10. The summed E-state index contributed by atoms with van der Waals surface area (Å²) in [7, 11) is 0.